The molecule has 0 unspecified atom stereocenters. The van der Waals surface area contributed by atoms with Crippen molar-refractivity contribution in [2.45, 2.75) is 128 Å². The van der Waals surface area contributed by atoms with E-state index in [4.69, 9.17) is 18.9 Å². The molecule has 2 aliphatic rings. The van der Waals surface area contributed by atoms with Gasteiger partial charge in [0.2, 0.25) is 52.6 Å². The van der Waals surface area contributed by atoms with Crippen LogP contribution < -0.4 is 15.4 Å². The van der Waals surface area contributed by atoms with Gasteiger partial charge in [-0.3, -0.25) is 34.3 Å². The number of likely N-dealkylation sites (N-methyl/N-ethyl adjacent to an activating group) is 2. The summed E-state index contributed by atoms with van der Waals surface area (Å²) in [4.78, 5) is 88.9. The van der Waals surface area contributed by atoms with Gasteiger partial charge < -0.3 is 29.2 Å². The summed E-state index contributed by atoms with van der Waals surface area (Å²) in [6, 6.07) is 20.1. The zero-order valence-electron chi connectivity index (χ0n) is 46.5. The second-order valence-corrected chi connectivity index (χ2v) is 21.3. The van der Waals surface area contributed by atoms with Crippen molar-refractivity contribution in [2.24, 2.45) is 17.8 Å². The van der Waals surface area contributed by atoms with Crippen LogP contribution in [0.1, 0.15) is 96.8 Å². The van der Waals surface area contributed by atoms with Crippen molar-refractivity contribution in [1.82, 2.24) is 25.3 Å². The maximum Gasteiger partial charge on any atom is 0.410 e. The van der Waals surface area contributed by atoms with Crippen LogP contribution in [-0.2, 0) is 44.6 Å². The first kappa shape index (κ1) is 61.4. The van der Waals surface area contributed by atoms with Crippen LogP contribution in [0.15, 0.2) is 78.9 Å². The average molecular weight is 1110 g/mol. The smallest absolute Gasteiger partial charge is 0.410 e. The van der Waals surface area contributed by atoms with Gasteiger partial charge in [0.05, 0.1) is 36.6 Å². The molecule has 1 fully saturated rings. The fourth-order valence-electron chi connectivity index (χ4n) is 10.9. The highest BCUT2D eigenvalue weighted by atomic mass is 19.2. The first-order valence-corrected chi connectivity index (χ1v) is 26.5. The van der Waals surface area contributed by atoms with E-state index in [9.17, 15) is 50.7 Å². The first-order chi connectivity index (χ1) is 37.4. The number of carbonyl (C=O) groups excluding carboxylic acids is 6. The summed E-state index contributed by atoms with van der Waals surface area (Å²) in [5, 5.41) is 5.07. The third-order valence-corrected chi connectivity index (χ3v) is 15.8. The minimum absolute atomic E-state index is 0.0277. The summed E-state index contributed by atoms with van der Waals surface area (Å²) in [5.41, 5.74) is 3.08. The number of rotatable bonds is 23. The fourth-order valence-corrected chi connectivity index (χ4v) is 10.9. The average Bonchev–Trinajstić information content (AvgIpc) is 4.14. The van der Waals surface area contributed by atoms with Crippen molar-refractivity contribution in [3.8, 4) is 16.9 Å². The molecular weight excluding hydrogens is 1030 g/mol. The number of carbonyl (C=O) groups is 6. The van der Waals surface area contributed by atoms with E-state index in [1.54, 1.807) is 42.3 Å². The van der Waals surface area contributed by atoms with Gasteiger partial charge in [-0.05, 0) is 73.4 Å². The highest BCUT2D eigenvalue weighted by molar-refractivity contribution is 6.02. The molecule has 20 heteroatoms. The van der Waals surface area contributed by atoms with Gasteiger partial charge in [0, 0.05) is 46.2 Å². The minimum Gasteiger partial charge on any atom is -0.448 e. The number of nitrogens with one attached hydrogen (secondary N) is 2. The van der Waals surface area contributed by atoms with Crippen molar-refractivity contribution in [3.05, 3.63) is 125 Å². The standard InChI is InChI=1S/C59H72F5N5O10/c1-12-33(4)51(67(8)50(32(2)3)55(72)66-57(74)59(6,7)68(9)58(75)78-31-40-38-25-18-16-23-36(38)37-24-17-19-26-39(37)40)43(76-10)30-44(70)69-28-20-27-42(69)52(77-11)34(5)54(71)65-41(29-35-21-14-13-15-22-35)56(73)79-53-48(63)46(61)45(60)47(62)49(53)64/h13-19,21-26,32-34,40-43,50-52H,12,20,27-31H2,1-11H3,(H,65,71)(H,66,72,74)/t33-,34+,41-,42-,43+,50-,51-,52+/m0/s1. The molecule has 0 saturated carbocycles. The van der Waals surface area contributed by atoms with Crippen molar-refractivity contribution < 1.29 is 69.7 Å². The normalized spacial score (nSPS) is 17.0. The van der Waals surface area contributed by atoms with E-state index in [0.717, 1.165) is 27.2 Å². The molecule has 1 heterocycles. The molecule has 79 heavy (non-hydrogen) atoms. The number of halogens is 5. The molecule has 5 amide bonds. The van der Waals surface area contributed by atoms with Gasteiger partial charge in [-0.2, -0.15) is 8.78 Å². The Morgan fingerprint density at radius 2 is 1.32 bits per heavy atom. The highest BCUT2D eigenvalue weighted by Crippen LogP contribution is 2.45. The van der Waals surface area contributed by atoms with E-state index < -0.39 is 112 Å². The van der Waals surface area contributed by atoms with Crippen LogP contribution in [0.3, 0.4) is 0 Å². The molecule has 6 rings (SSSR count). The zero-order valence-corrected chi connectivity index (χ0v) is 46.5. The molecule has 4 aromatic rings. The quantitative estimate of drug-likeness (QED) is 0.0239. The fraction of sp³-hybridized carbons (Fsp3) is 0.492. The van der Waals surface area contributed by atoms with E-state index in [1.165, 1.54) is 42.0 Å². The number of fused-ring (bicyclic) bond motifs is 3. The molecule has 0 bridgehead atoms. The molecule has 8 atom stereocenters. The number of hydrogen-bond acceptors (Lipinski definition) is 11. The maximum absolute atomic E-state index is 14.7. The summed E-state index contributed by atoms with van der Waals surface area (Å²) in [5.74, 6) is -19.6. The Labute approximate surface area is 458 Å². The lowest BCUT2D eigenvalue weighted by Crippen LogP contribution is -2.62. The number of methoxy groups -OCH3 is 2. The van der Waals surface area contributed by atoms with Gasteiger partial charge in [-0.25, -0.2) is 22.8 Å². The van der Waals surface area contributed by atoms with E-state index in [-0.39, 0.29) is 49.7 Å². The van der Waals surface area contributed by atoms with E-state index in [2.05, 4.69) is 10.6 Å². The summed E-state index contributed by atoms with van der Waals surface area (Å²) < 4.78 is 93.9. The molecule has 0 radical (unpaired) electrons. The molecule has 0 aromatic heterocycles. The van der Waals surface area contributed by atoms with Gasteiger partial charge in [0.1, 0.15) is 18.2 Å². The van der Waals surface area contributed by atoms with Crippen molar-refractivity contribution in [3.63, 3.8) is 0 Å². The zero-order chi connectivity index (χ0) is 58.2. The topological polar surface area (TPSA) is 173 Å². The largest absolute Gasteiger partial charge is 0.448 e. The molecule has 1 aliphatic heterocycles. The molecule has 4 aromatic carbocycles. The van der Waals surface area contributed by atoms with Crippen LogP contribution in [-0.4, -0.2) is 134 Å². The Balaban J connectivity index is 1.13. The molecule has 2 N–H and O–H groups in total. The maximum atomic E-state index is 14.7. The number of imide groups is 1. The second kappa shape index (κ2) is 26.5. The molecule has 15 nitrogen and oxygen atoms in total. The summed E-state index contributed by atoms with van der Waals surface area (Å²) in [7, 11) is 5.99. The first-order valence-electron chi connectivity index (χ1n) is 26.5. The van der Waals surface area contributed by atoms with Crippen LogP contribution in [0.2, 0.25) is 0 Å². The van der Waals surface area contributed by atoms with Gasteiger partial charge in [0.15, 0.2) is 0 Å². The van der Waals surface area contributed by atoms with Crippen LogP contribution in [0.4, 0.5) is 26.7 Å². The van der Waals surface area contributed by atoms with Crippen LogP contribution in [0, 0.1) is 46.8 Å². The summed E-state index contributed by atoms with van der Waals surface area (Å²) >= 11 is 0. The number of amides is 5. The highest BCUT2D eigenvalue weighted by Gasteiger charge is 2.45. The minimum atomic E-state index is -2.45. The van der Waals surface area contributed by atoms with Gasteiger partial charge in [-0.15, -0.1) is 0 Å². The van der Waals surface area contributed by atoms with Crippen LogP contribution in [0.25, 0.3) is 11.1 Å². The van der Waals surface area contributed by atoms with E-state index >= 15 is 0 Å². The third-order valence-electron chi connectivity index (χ3n) is 15.8. The number of hydrogen-bond donors (Lipinski definition) is 2. The molecular formula is C59H72F5N5O10. The van der Waals surface area contributed by atoms with Crippen molar-refractivity contribution in [2.75, 3.05) is 41.5 Å². The van der Waals surface area contributed by atoms with Crippen LogP contribution in [0.5, 0.6) is 5.75 Å². The van der Waals surface area contributed by atoms with Gasteiger partial charge in [-0.1, -0.05) is 120 Å². The predicted molar refractivity (Wildman–Crippen MR) is 284 cm³/mol. The lowest BCUT2D eigenvalue weighted by molar-refractivity contribution is -0.145. The Kier molecular flexibility index (Phi) is 20.6. The predicted octanol–water partition coefficient (Wildman–Crippen LogP) is 8.74. The van der Waals surface area contributed by atoms with Gasteiger partial charge >= 0.3 is 12.1 Å². The van der Waals surface area contributed by atoms with Crippen LogP contribution >= 0.6 is 0 Å². The van der Waals surface area contributed by atoms with Crippen molar-refractivity contribution >= 4 is 35.7 Å². The number of likely N-dealkylation sites (tertiary alicyclic amines) is 1. The molecule has 428 valence electrons. The Hall–Kier alpha value is -6.77. The Morgan fingerprint density at radius 3 is 1.86 bits per heavy atom. The molecule has 1 saturated heterocycles. The van der Waals surface area contributed by atoms with E-state index in [1.807, 2.05) is 81.1 Å². The molecule has 1 aliphatic carbocycles. The Morgan fingerprint density at radius 1 is 0.759 bits per heavy atom. The van der Waals surface area contributed by atoms with E-state index in [0.29, 0.717) is 24.8 Å². The lowest BCUT2D eigenvalue weighted by Gasteiger charge is -2.43. The number of ether oxygens (including phenoxy) is 4. The monoisotopic (exact) mass is 1110 g/mol. The number of esters is 1. The summed E-state index contributed by atoms with van der Waals surface area (Å²) in [6.45, 7) is 12.4. The van der Waals surface area contributed by atoms with Crippen molar-refractivity contribution in [1.29, 1.82) is 0 Å². The number of nitrogens with zero attached hydrogens (tertiary/aromatic N) is 3. The third kappa shape index (κ3) is 13.3. The van der Waals surface area contributed by atoms with Gasteiger partial charge in [0.25, 0.3) is 5.91 Å². The second-order valence-electron chi connectivity index (χ2n) is 21.3. The molecule has 0 spiro atoms. The summed E-state index contributed by atoms with van der Waals surface area (Å²) in [6.07, 6.45) is -1.48. The lowest BCUT2D eigenvalue weighted by atomic mass is 9.87. The number of benzene rings is 4. The SMILES string of the molecule is CC[C@H](C)[C@@H]([C@@H](CC(=O)N1CCC[C@H]1[C@H](OC)[C@@H](C)C(=O)N[C@@H](Cc1ccccc1)C(=O)Oc1c(F)c(F)c(F)c(F)c1F)OC)N(C)[C@H](C(=O)NC(=O)C(C)(C)N(C)C(=O)OCC1c2ccccc2-c2ccccc21)C(C)C. The Bertz CT molecular complexity index is 2780.